The minimum atomic E-state index is -2.65. The number of esters is 2. The summed E-state index contributed by atoms with van der Waals surface area (Å²) < 4.78 is 23.6. The molecule has 11 heteroatoms. The summed E-state index contributed by atoms with van der Waals surface area (Å²) in [6.45, 7) is 12.5. The molecular weight excluding hydrogens is 697 g/mol. The van der Waals surface area contributed by atoms with Crippen LogP contribution >= 0.6 is 34.8 Å². The normalized spacial score (nSPS) is 12.6. The molecule has 0 fully saturated rings. The molecule has 0 saturated heterocycles. The molecule has 0 amide bonds. The van der Waals surface area contributed by atoms with Gasteiger partial charge in [-0.05, 0) is 0 Å². The summed E-state index contributed by atoms with van der Waals surface area (Å²) in [4.78, 5) is 38.0. The van der Waals surface area contributed by atoms with Gasteiger partial charge in [-0.3, -0.25) is 0 Å². The van der Waals surface area contributed by atoms with Crippen LogP contribution in [-0.2, 0) is 28.5 Å². The summed E-state index contributed by atoms with van der Waals surface area (Å²) in [5, 5.41) is 0. The number of hydrogen-bond donors (Lipinski definition) is 0. The molecule has 0 aromatic carbocycles. The Balaban J connectivity index is 5.75. The number of hydrogen-bond acceptors (Lipinski definition) is 7. The number of unbranched alkanes of at least 4 members (excludes halogenated alkanes) is 3. The second-order valence-electron chi connectivity index (χ2n) is 10.8. The molecule has 0 aliphatic carbocycles. The molecule has 0 heterocycles. The van der Waals surface area contributed by atoms with E-state index in [1.807, 2.05) is 0 Å². The van der Waals surface area contributed by atoms with E-state index in [0.717, 1.165) is 6.42 Å². The number of ether oxygens (including phenoxy) is 4. The van der Waals surface area contributed by atoms with Gasteiger partial charge in [0.15, 0.2) is 0 Å². The van der Waals surface area contributed by atoms with Crippen molar-refractivity contribution in [2.75, 3.05) is 27.4 Å². The first kappa shape index (κ1) is 40.4. The van der Waals surface area contributed by atoms with Crippen LogP contribution in [-0.4, -0.2) is 67.7 Å². The fourth-order valence-corrected chi connectivity index (χ4v) is 21.2. The van der Waals surface area contributed by atoms with Crippen molar-refractivity contribution < 1.29 is 33.3 Å². The van der Waals surface area contributed by atoms with E-state index in [9.17, 15) is 14.4 Å². The maximum atomic E-state index is 13.1. The molecule has 0 aromatic rings. The Morgan fingerprint density at radius 2 is 1.32 bits per heavy atom. The zero-order chi connectivity index (χ0) is 31.5. The standard InChI is InChI=1S/C18H24Cl3O7.3C4H9.Sn/c1-5-6-7-9-17(14(22)25-3,15(23)26-4)10-8-13(2)11-27-16(24)28-12-18(19,20)21;3*1-3-4-2;/h8H,1,6-7,9-12H2,2-4H3;3*1,3-4H2,2H3;/b13-8+;;;;. The quantitative estimate of drug-likeness (QED) is 0.0289. The van der Waals surface area contributed by atoms with Crippen molar-refractivity contribution in [1.82, 2.24) is 0 Å². The van der Waals surface area contributed by atoms with Crippen LogP contribution in [0.15, 0.2) is 21.8 Å². The number of allylic oxidation sites excluding steroid dienone is 2. The van der Waals surface area contributed by atoms with Crippen molar-refractivity contribution in [1.29, 1.82) is 0 Å². The van der Waals surface area contributed by atoms with E-state index in [0.29, 0.717) is 12.0 Å². The molecule has 0 aliphatic heterocycles. The molecular formula is C30H51Cl3O7Sn. The Kier molecular flexibility index (Phi) is 20.8. The van der Waals surface area contributed by atoms with Crippen LogP contribution in [0.5, 0.6) is 0 Å². The third-order valence-electron chi connectivity index (χ3n) is 7.58. The van der Waals surface area contributed by atoms with Gasteiger partial charge >= 0.3 is 223 Å². The molecule has 0 saturated carbocycles. The molecule has 0 atom stereocenters. The zero-order valence-corrected chi connectivity index (χ0v) is 31.0. The van der Waals surface area contributed by atoms with Gasteiger partial charge in [0, 0.05) is 0 Å². The van der Waals surface area contributed by atoms with Gasteiger partial charge in [0.05, 0.1) is 0 Å². The number of carbonyl (C=O) groups is 3. The van der Waals surface area contributed by atoms with Crippen LogP contribution in [0.4, 0.5) is 4.79 Å². The number of alkyl halides is 3. The fourth-order valence-electron chi connectivity index (χ4n) is 5.03. The second-order valence-corrected chi connectivity index (χ2v) is 26.9. The van der Waals surface area contributed by atoms with Gasteiger partial charge in [-0.15, -0.1) is 0 Å². The van der Waals surface area contributed by atoms with Crippen molar-refractivity contribution in [3.8, 4) is 0 Å². The molecule has 0 aromatic heterocycles. The second kappa shape index (κ2) is 21.1. The van der Waals surface area contributed by atoms with E-state index in [1.54, 1.807) is 13.0 Å². The molecule has 0 aliphatic rings. The van der Waals surface area contributed by atoms with Crippen molar-refractivity contribution in [3.05, 3.63) is 21.8 Å². The number of methoxy groups -OCH3 is 2. The first-order valence-corrected chi connectivity index (χ1v) is 23.3. The topological polar surface area (TPSA) is 88.1 Å². The van der Waals surface area contributed by atoms with E-state index >= 15 is 0 Å². The molecule has 0 N–H and O–H groups in total. The summed E-state index contributed by atoms with van der Waals surface area (Å²) in [7, 11) is 2.53. The van der Waals surface area contributed by atoms with E-state index in [1.165, 1.54) is 69.6 Å². The number of halogens is 3. The summed E-state index contributed by atoms with van der Waals surface area (Å²) in [5.74, 6) is -1.31. The van der Waals surface area contributed by atoms with Gasteiger partial charge < -0.3 is 0 Å². The van der Waals surface area contributed by atoms with Gasteiger partial charge in [-0.2, -0.15) is 0 Å². The SMILES string of the molecule is C=[C](CCCC(C/C=C(\C)COC(=O)OCC(Cl)(Cl)Cl)(C(=O)OC)C(=O)OC)[Sn]([CH2]CCC)([CH2]CCC)[CH2]CCC. The summed E-state index contributed by atoms with van der Waals surface area (Å²) in [6, 6.07) is 0. The van der Waals surface area contributed by atoms with Gasteiger partial charge in [0.1, 0.15) is 6.61 Å². The van der Waals surface area contributed by atoms with E-state index in [2.05, 4.69) is 27.4 Å². The molecule has 238 valence electrons. The van der Waals surface area contributed by atoms with Crippen molar-refractivity contribution in [2.45, 2.75) is 109 Å². The van der Waals surface area contributed by atoms with Crippen LogP contribution in [0.3, 0.4) is 0 Å². The van der Waals surface area contributed by atoms with Crippen molar-refractivity contribution >= 4 is 71.3 Å². The number of carbonyl (C=O) groups excluding carboxylic acids is 3. The van der Waals surface area contributed by atoms with Crippen LogP contribution in [0.1, 0.15) is 91.9 Å². The summed E-state index contributed by atoms with van der Waals surface area (Å²) in [5.41, 5.74) is -0.915. The Morgan fingerprint density at radius 1 is 0.829 bits per heavy atom. The molecule has 41 heavy (non-hydrogen) atoms. The van der Waals surface area contributed by atoms with Gasteiger partial charge in [0.2, 0.25) is 3.79 Å². The molecule has 0 unspecified atom stereocenters. The molecule has 0 radical (unpaired) electrons. The van der Waals surface area contributed by atoms with Gasteiger partial charge in [-0.25, -0.2) is 0 Å². The first-order valence-electron chi connectivity index (χ1n) is 14.6. The number of rotatable bonds is 21. The minimum absolute atomic E-state index is 0.0349. The van der Waals surface area contributed by atoms with Gasteiger partial charge in [-0.1, -0.05) is 34.8 Å². The van der Waals surface area contributed by atoms with Crippen LogP contribution < -0.4 is 0 Å². The third kappa shape index (κ3) is 15.1. The molecule has 0 rings (SSSR count). The van der Waals surface area contributed by atoms with E-state index < -0.39 is 52.3 Å². The monoisotopic (exact) mass is 748 g/mol. The average molecular weight is 749 g/mol. The summed E-state index contributed by atoms with van der Waals surface area (Å²) >= 11 is 14.1. The van der Waals surface area contributed by atoms with Crippen LogP contribution in [0, 0.1) is 5.41 Å². The Labute approximate surface area is 266 Å². The maximum absolute atomic E-state index is 13.1. The van der Waals surface area contributed by atoms with Crippen LogP contribution in [0.2, 0.25) is 13.3 Å². The summed E-state index contributed by atoms with van der Waals surface area (Å²) in [6.07, 6.45) is 9.64. The predicted molar refractivity (Wildman–Crippen MR) is 170 cm³/mol. The molecule has 0 spiro atoms. The van der Waals surface area contributed by atoms with E-state index in [4.69, 9.17) is 53.8 Å². The van der Waals surface area contributed by atoms with E-state index in [-0.39, 0.29) is 19.4 Å². The van der Waals surface area contributed by atoms with Crippen LogP contribution in [0.25, 0.3) is 0 Å². The van der Waals surface area contributed by atoms with Crippen molar-refractivity contribution in [3.63, 3.8) is 0 Å². The fraction of sp³-hybridized carbons (Fsp3) is 0.767. The first-order chi connectivity index (χ1) is 19.3. The van der Waals surface area contributed by atoms with Crippen molar-refractivity contribution in [2.24, 2.45) is 5.41 Å². The Bertz CT molecular complexity index is 818. The molecule has 7 nitrogen and oxygen atoms in total. The Morgan fingerprint density at radius 3 is 1.73 bits per heavy atom. The zero-order valence-electron chi connectivity index (χ0n) is 25.9. The van der Waals surface area contributed by atoms with Gasteiger partial charge in [0.25, 0.3) is 0 Å². The Hall–Kier alpha value is -0.641. The predicted octanol–water partition coefficient (Wildman–Crippen LogP) is 9.29. The third-order valence-corrected chi connectivity index (χ3v) is 24.1. The average Bonchev–Trinajstić information content (AvgIpc) is 2.95. The molecule has 0 bridgehead atoms.